The molecule has 0 saturated heterocycles. The average molecular weight is 762 g/mol. The molecule has 0 atom stereocenters. The number of hydrogen-bond donors (Lipinski definition) is 0. The molecular formula is C48H84BN3O3. The molecule has 3 aromatic carbocycles. The van der Waals surface area contributed by atoms with Crippen LogP contribution < -0.4 is 28.5 Å². The Kier molecular flexibility index (Phi) is 17.5. The lowest BCUT2D eigenvalue weighted by Crippen LogP contribution is -2.56. The molecule has 6 nitrogen and oxygen atoms in total. The van der Waals surface area contributed by atoms with Gasteiger partial charge in [0.25, 0.3) is 0 Å². The number of rotatable bonds is 3. The minimum atomic E-state index is -2.92. The second-order valence-electron chi connectivity index (χ2n) is 22.5. The lowest BCUT2D eigenvalue weighted by Gasteiger charge is -2.44. The van der Waals surface area contributed by atoms with E-state index in [4.69, 9.17) is 15.1 Å². The molecule has 0 aromatic heterocycles. The Hall–Kier alpha value is -2.52. The summed E-state index contributed by atoms with van der Waals surface area (Å²) in [7, 11) is 10.9. The number of para-hydroxylation sites is 3. The fourth-order valence-corrected chi connectivity index (χ4v) is 5.87. The van der Waals surface area contributed by atoms with Crippen LogP contribution in [0.2, 0.25) is 0 Å². The van der Waals surface area contributed by atoms with Crippen molar-refractivity contribution in [2.75, 3.05) is 42.3 Å². The molecule has 0 aliphatic heterocycles. The molecular weight excluding hydrogens is 677 g/mol. The predicted octanol–water partition coefficient (Wildman–Crippen LogP) is 9.10. The van der Waals surface area contributed by atoms with Crippen molar-refractivity contribution in [3.63, 3.8) is 0 Å². The Morgan fingerprint density at radius 3 is 0.600 bits per heavy atom. The lowest BCUT2D eigenvalue weighted by atomic mass is 9.84. The van der Waals surface area contributed by atoms with E-state index in [1.165, 1.54) is 33.8 Å². The van der Waals surface area contributed by atoms with Crippen molar-refractivity contribution in [1.82, 2.24) is 13.4 Å². The van der Waals surface area contributed by atoms with Gasteiger partial charge in [-0.3, -0.25) is 20.8 Å². The summed E-state index contributed by atoms with van der Waals surface area (Å²) in [6.45, 7) is 41.3. The van der Waals surface area contributed by atoms with Gasteiger partial charge in [0, 0.05) is 16.7 Å². The highest BCUT2D eigenvalue weighted by molar-refractivity contribution is 6.24. The van der Waals surface area contributed by atoms with Crippen molar-refractivity contribution >= 4 is 24.4 Å². The molecule has 0 saturated carbocycles. The van der Waals surface area contributed by atoms with Gasteiger partial charge in [0.05, 0.1) is 58.9 Å². The summed E-state index contributed by atoms with van der Waals surface area (Å²) < 4.78 is 2.71. The maximum atomic E-state index is 8.42. The predicted molar refractivity (Wildman–Crippen MR) is 241 cm³/mol. The van der Waals surface area contributed by atoms with Gasteiger partial charge in [0.15, 0.2) is 0 Å². The van der Waals surface area contributed by atoms with Gasteiger partial charge in [-0.2, -0.15) is 0 Å². The largest absolute Gasteiger partial charge is 0.907 e. The molecule has 0 aliphatic carbocycles. The molecule has 0 heterocycles. The summed E-state index contributed by atoms with van der Waals surface area (Å²) in [6.07, 6.45) is 0. The topological polar surface area (TPSA) is 69.2 Å². The summed E-state index contributed by atoms with van der Waals surface area (Å²) in [5.41, 5.74) is 9.77. The Balaban J connectivity index is 0.000000757. The van der Waals surface area contributed by atoms with Gasteiger partial charge in [-0.1, -0.05) is 117 Å². The van der Waals surface area contributed by atoms with E-state index in [0.717, 1.165) is 13.4 Å². The molecule has 312 valence electrons. The van der Waals surface area contributed by atoms with Crippen molar-refractivity contribution in [3.05, 3.63) is 89.5 Å². The summed E-state index contributed by atoms with van der Waals surface area (Å²) in [4.78, 5) is 0. The molecule has 0 spiro atoms. The molecule has 3 aromatic rings. The van der Waals surface area contributed by atoms with Crippen LogP contribution in [-0.4, -0.2) is 66.2 Å². The van der Waals surface area contributed by atoms with Gasteiger partial charge >= 0.3 is 0 Å². The van der Waals surface area contributed by atoms with Crippen LogP contribution in [0.3, 0.4) is 0 Å². The van der Waals surface area contributed by atoms with Crippen LogP contribution in [0.25, 0.3) is 0 Å². The fraction of sp³-hybridized carbons (Fsp3) is 0.625. The minimum Gasteiger partial charge on any atom is -0.907 e. The van der Waals surface area contributed by atoms with E-state index in [-0.39, 0.29) is 32.9 Å². The van der Waals surface area contributed by atoms with Crippen molar-refractivity contribution in [2.24, 2.45) is 0 Å². The van der Waals surface area contributed by atoms with E-state index in [1.54, 1.807) is 0 Å². The maximum Gasteiger partial charge on any atom is 0.136 e. The third kappa shape index (κ3) is 14.4. The highest BCUT2D eigenvalue weighted by Crippen LogP contribution is 2.40. The quantitative estimate of drug-likeness (QED) is 0.198. The highest BCUT2D eigenvalue weighted by Gasteiger charge is 2.40. The van der Waals surface area contributed by atoms with E-state index >= 15 is 0 Å². The molecule has 3 rings (SSSR count). The van der Waals surface area contributed by atoms with Crippen LogP contribution in [0.5, 0.6) is 0 Å². The van der Waals surface area contributed by atoms with Crippen LogP contribution >= 0.6 is 0 Å². The second-order valence-corrected chi connectivity index (χ2v) is 22.5. The first-order valence-corrected chi connectivity index (χ1v) is 20.0. The molecule has 7 heteroatoms. The van der Waals surface area contributed by atoms with Crippen LogP contribution in [-0.2, 0) is 16.2 Å². The zero-order valence-electron chi connectivity index (χ0n) is 40.1. The number of quaternary nitrogens is 3. The van der Waals surface area contributed by atoms with Crippen molar-refractivity contribution < 1.29 is 15.1 Å². The van der Waals surface area contributed by atoms with Crippen LogP contribution in [0.15, 0.2) is 72.8 Å². The van der Waals surface area contributed by atoms with Crippen LogP contribution in [0, 0.1) is 0 Å². The van der Waals surface area contributed by atoms with Crippen molar-refractivity contribution in [2.45, 2.75) is 157 Å². The standard InChI is InChI=1S/3C16H28N.BO3/c3*1-15(2,3)13-11-9-10-12-14(13)17(7,8)16(4,5)6;2-1(3)4/h3*9-12H,1-8H3;/q3*+1;-3. The zero-order valence-corrected chi connectivity index (χ0v) is 40.1. The Bertz CT molecular complexity index is 1420. The van der Waals surface area contributed by atoms with E-state index in [1.807, 2.05) is 0 Å². The minimum absolute atomic E-state index is 0.192. The van der Waals surface area contributed by atoms with E-state index in [0.29, 0.717) is 0 Å². The van der Waals surface area contributed by atoms with Gasteiger partial charge in [-0.25, -0.2) is 0 Å². The van der Waals surface area contributed by atoms with Crippen LogP contribution in [0.1, 0.15) is 141 Å². The first kappa shape index (κ1) is 52.5. The number of benzene rings is 3. The van der Waals surface area contributed by atoms with Gasteiger partial charge in [0.2, 0.25) is 0 Å². The first-order valence-electron chi connectivity index (χ1n) is 20.0. The summed E-state index contributed by atoms with van der Waals surface area (Å²) in [5.74, 6) is 0. The van der Waals surface area contributed by atoms with Gasteiger partial charge in [-0.15, -0.1) is 0 Å². The van der Waals surface area contributed by atoms with Gasteiger partial charge in [-0.05, 0) is 96.8 Å². The third-order valence-corrected chi connectivity index (χ3v) is 12.0. The zero-order chi connectivity index (χ0) is 44.0. The summed E-state index contributed by atoms with van der Waals surface area (Å²) in [6, 6.07) is 26.5. The lowest BCUT2D eigenvalue weighted by molar-refractivity contribution is -0.479. The second kappa shape index (κ2) is 18.4. The normalized spacial score (nSPS) is 13.4. The molecule has 0 aliphatic rings. The maximum absolute atomic E-state index is 8.42. The number of hydrogen-bond acceptors (Lipinski definition) is 3. The molecule has 0 amide bonds. The summed E-state index contributed by atoms with van der Waals surface area (Å²) in [5, 5.41) is 25.2. The molecule has 0 bridgehead atoms. The fourth-order valence-electron chi connectivity index (χ4n) is 5.87. The molecule has 0 unspecified atom stereocenters. The average Bonchev–Trinajstić information content (AvgIpc) is 2.98. The van der Waals surface area contributed by atoms with Crippen LogP contribution in [0.4, 0.5) is 17.1 Å². The van der Waals surface area contributed by atoms with E-state index in [9.17, 15) is 0 Å². The Morgan fingerprint density at radius 1 is 0.327 bits per heavy atom. The van der Waals surface area contributed by atoms with Gasteiger partial charge < -0.3 is 15.1 Å². The molecule has 0 N–H and O–H groups in total. The Morgan fingerprint density at radius 2 is 0.473 bits per heavy atom. The smallest absolute Gasteiger partial charge is 0.136 e. The Labute approximate surface area is 341 Å². The molecule has 55 heavy (non-hydrogen) atoms. The van der Waals surface area contributed by atoms with Gasteiger partial charge in [0.1, 0.15) is 17.1 Å². The van der Waals surface area contributed by atoms with E-state index in [2.05, 4.69) is 240 Å². The third-order valence-electron chi connectivity index (χ3n) is 12.0. The van der Waals surface area contributed by atoms with E-state index < -0.39 is 7.32 Å². The molecule has 0 radical (unpaired) electrons. The summed E-state index contributed by atoms with van der Waals surface area (Å²) >= 11 is 0. The monoisotopic (exact) mass is 762 g/mol. The van der Waals surface area contributed by atoms with Crippen molar-refractivity contribution in [1.29, 1.82) is 0 Å². The SMILES string of the molecule is CC(C)(C)c1ccccc1[N+](C)(C)C(C)(C)C.CC(C)(C)c1ccccc1[N+](C)(C)C(C)(C)C.CC(C)(C)c1ccccc1[N+](C)(C)C(C)(C)C.[O-]B([O-])[O-]. The number of nitrogens with zero attached hydrogens (tertiary/aromatic N) is 3. The molecule has 0 fully saturated rings. The van der Waals surface area contributed by atoms with Crippen molar-refractivity contribution in [3.8, 4) is 0 Å². The highest BCUT2D eigenvalue weighted by atomic mass is 16.5. The first-order chi connectivity index (χ1) is 24.2.